The molecule has 1 N–H and O–H groups in total. The van der Waals surface area contributed by atoms with Gasteiger partial charge in [-0.15, -0.1) is 0 Å². The van der Waals surface area contributed by atoms with Crippen molar-refractivity contribution in [3.05, 3.63) is 70.8 Å². The standard InChI is InChI=1S/C18H21N/c1-13-6-5-8-16(12-13)14(2)19-18-11-10-15-7-3-4-9-17(15)18/h3-9,12,14,18-19H,10-11H2,1-2H3/t14-,18?/m0/s1. The highest BCUT2D eigenvalue weighted by molar-refractivity contribution is 5.35. The Morgan fingerprint density at radius 1 is 1.11 bits per heavy atom. The van der Waals surface area contributed by atoms with Crippen LogP contribution in [-0.2, 0) is 6.42 Å². The SMILES string of the molecule is Cc1cccc([C@H](C)NC2CCc3ccccc32)c1. The summed E-state index contributed by atoms with van der Waals surface area (Å²) >= 11 is 0. The van der Waals surface area contributed by atoms with Crippen LogP contribution in [0.15, 0.2) is 48.5 Å². The number of benzene rings is 2. The zero-order valence-electron chi connectivity index (χ0n) is 11.7. The largest absolute Gasteiger partial charge is 0.303 e. The van der Waals surface area contributed by atoms with Crippen molar-refractivity contribution in [1.29, 1.82) is 0 Å². The van der Waals surface area contributed by atoms with E-state index in [2.05, 4.69) is 67.7 Å². The predicted molar refractivity (Wildman–Crippen MR) is 80.2 cm³/mol. The molecule has 19 heavy (non-hydrogen) atoms. The lowest BCUT2D eigenvalue weighted by Gasteiger charge is -2.21. The van der Waals surface area contributed by atoms with Crippen LogP contribution in [0.5, 0.6) is 0 Å². The molecule has 1 aliphatic rings. The highest BCUT2D eigenvalue weighted by Gasteiger charge is 2.23. The summed E-state index contributed by atoms with van der Waals surface area (Å²) in [5, 5.41) is 3.78. The fourth-order valence-electron chi connectivity index (χ4n) is 3.07. The molecule has 1 aliphatic carbocycles. The van der Waals surface area contributed by atoms with E-state index in [-0.39, 0.29) is 0 Å². The molecular weight excluding hydrogens is 230 g/mol. The topological polar surface area (TPSA) is 12.0 Å². The normalized spacial score (nSPS) is 19.2. The van der Waals surface area contributed by atoms with E-state index in [1.807, 2.05) is 0 Å². The van der Waals surface area contributed by atoms with E-state index < -0.39 is 0 Å². The maximum absolute atomic E-state index is 3.78. The van der Waals surface area contributed by atoms with Crippen LogP contribution < -0.4 is 5.32 Å². The molecule has 0 saturated carbocycles. The second-order valence-corrected chi connectivity index (χ2v) is 5.59. The van der Waals surface area contributed by atoms with Crippen molar-refractivity contribution >= 4 is 0 Å². The molecule has 0 bridgehead atoms. The molecule has 0 heterocycles. The lowest BCUT2D eigenvalue weighted by molar-refractivity contribution is 0.465. The van der Waals surface area contributed by atoms with E-state index in [0.29, 0.717) is 12.1 Å². The van der Waals surface area contributed by atoms with Crippen molar-refractivity contribution in [3.63, 3.8) is 0 Å². The lowest BCUT2D eigenvalue weighted by atomic mass is 10.0. The molecule has 98 valence electrons. The van der Waals surface area contributed by atoms with Gasteiger partial charge in [-0.2, -0.15) is 0 Å². The van der Waals surface area contributed by atoms with Gasteiger partial charge in [0.25, 0.3) is 0 Å². The third-order valence-electron chi connectivity index (χ3n) is 4.13. The molecule has 0 fully saturated rings. The van der Waals surface area contributed by atoms with Crippen molar-refractivity contribution in [3.8, 4) is 0 Å². The Kier molecular flexibility index (Phi) is 3.39. The van der Waals surface area contributed by atoms with Crippen molar-refractivity contribution in [1.82, 2.24) is 5.32 Å². The first-order valence-corrected chi connectivity index (χ1v) is 7.14. The smallest absolute Gasteiger partial charge is 0.0331 e. The molecule has 3 rings (SSSR count). The number of hydrogen-bond acceptors (Lipinski definition) is 1. The molecule has 1 nitrogen and oxygen atoms in total. The first-order valence-electron chi connectivity index (χ1n) is 7.14. The van der Waals surface area contributed by atoms with E-state index in [4.69, 9.17) is 0 Å². The Morgan fingerprint density at radius 2 is 1.95 bits per heavy atom. The molecule has 0 amide bonds. The summed E-state index contributed by atoms with van der Waals surface area (Å²) in [5.41, 5.74) is 5.71. The van der Waals surface area contributed by atoms with E-state index in [1.165, 1.54) is 35.1 Å². The van der Waals surface area contributed by atoms with Gasteiger partial charge in [-0.05, 0) is 43.4 Å². The minimum atomic E-state index is 0.399. The molecule has 0 aliphatic heterocycles. The molecule has 0 spiro atoms. The molecule has 0 radical (unpaired) electrons. The van der Waals surface area contributed by atoms with Crippen LogP contribution in [0.1, 0.15) is 47.7 Å². The van der Waals surface area contributed by atoms with Crippen LogP contribution in [0, 0.1) is 6.92 Å². The summed E-state index contributed by atoms with van der Waals surface area (Å²) in [4.78, 5) is 0. The molecule has 2 aromatic carbocycles. The van der Waals surface area contributed by atoms with Crippen molar-refractivity contribution < 1.29 is 0 Å². The van der Waals surface area contributed by atoms with Crippen LogP contribution in [0.25, 0.3) is 0 Å². The third-order valence-corrected chi connectivity index (χ3v) is 4.13. The predicted octanol–water partition coefficient (Wildman–Crippen LogP) is 4.33. The van der Waals surface area contributed by atoms with Gasteiger partial charge in [0.2, 0.25) is 0 Å². The summed E-state index contributed by atoms with van der Waals surface area (Å²) < 4.78 is 0. The van der Waals surface area contributed by atoms with Crippen molar-refractivity contribution in [2.45, 2.75) is 38.8 Å². The second kappa shape index (κ2) is 5.18. The molecule has 0 saturated heterocycles. The van der Waals surface area contributed by atoms with E-state index in [9.17, 15) is 0 Å². The van der Waals surface area contributed by atoms with Crippen LogP contribution >= 0.6 is 0 Å². The lowest BCUT2D eigenvalue weighted by Crippen LogP contribution is -2.23. The number of rotatable bonds is 3. The van der Waals surface area contributed by atoms with Crippen molar-refractivity contribution in [2.75, 3.05) is 0 Å². The summed E-state index contributed by atoms with van der Waals surface area (Å²) in [6.45, 7) is 4.41. The summed E-state index contributed by atoms with van der Waals surface area (Å²) in [6.07, 6.45) is 2.42. The quantitative estimate of drug-likeness (QED) is 0.856. The Balaban J connectivity index is 1.76. The van der Waals surface area contributed by atoms with Gasteiger partial charge in [0.15, 0.2) is 0 Å². The number of hydrogen-bond donors (Lipinski definition) is 1. The molecule has 2 atom stereocenters. The van der Waals surface area contributed by atoms with Crippen LogP contribution in [-0.4, -0.2) is 0 Å². The Hall–Kier alpha value is -1.60. The van der Waals surface area contributed by atoms with Gasteiger partial charge < -0.3 is 5.32 Å². The summed E-state index contributed by atoms with van der Waals surface area (Å²) in [7, 11) is 0. The molecule has 2 aromatic rings. The van der Waals surface area contributed by atoms with Crippen LogP contribution in [0.2, 0.25) is 0 Å². The molecule has 1 unspecified atom stereocenters. The maximum atomic E-state index is 3.78. The van der Waals surface area contributed by atoms with E-state index in [1.54, 1.807) is 0 Å². The van der Waals surface area contributed by atoms with Gasteiger partial charge in [0, 0.05) is 12.1 Å². The average Bonchev–Trinajstić information content (AvgIpc) is 2.82. The Bertz CT molecular complexity index is 573. The monoisotopic (exact) mass is 251 g/mol. The van der Waals surface area contributed by atoms with Crippen LogP contribution in [0.4, 0.5) is 0 Å². The number of nitrogens with one attached hydrogen (secondary N) is 1. The van der Waals surface area contributed by atoms with Gasteiger partial charge in [-0.3, -0.25) is 0 Å². The average molecular weight is 251 g/mol. The Labute approximate surface area is 115 Å². The van der Waals surface area contributed by atoms with Gasteiger partial charge >= 0.3 is 0 Å². The summed E-state index contributed by atoms with van der Waals surface area (Å²) in [6, 6.07) is 18.5. The zero-order chi connectivity index (χ0) is 13.2. The van der Waals surface area contributed by atoms with Gasteiger partial charge in [-0.25, -0.2) is 0 Å². The number of fused-ring (bicyclic) bond motifs is 1. The molecule has 1 heteroatoms. The van der Waals surface area contributed by atoms with Gasteiger partial charge in [0.1, 0.15) is 0 Å². The minimum absolute atomic E-state index is 0.399. The summed E-state index contributed by atoms with van der Waals surface area (Å²) in [5.74, 6) is 0. The second-order valence-electron chi connectivity index (χ2n) is 5.59. The minimum Gasteiger partial charge on any atom is -0.303 e. The van der Waals surface area contributed by atoms with Crippen LogP contribution in [0.3, 0.4) is 0 Å². The first kappa shape index (κ1) is 12.4. The maximum Gasteiger partial charge on any atom is 0.0331 e. The van der Waals surface area contributed by atoms with E-state index in [0.717, 1.165) is 0 Å². The fraction of sp³-hybridized carbons (Fsp3) is 0.333. The molecular formula is C18H21N. The van der Waals surface area contributed by atoms with Crippen molar-refractivity contribution in [2.24, 2.45) is 0 Å². The first-order chi connectivity index (χ1) is 9.24. The zero-order valence-corrected chi connectivity index (χ0v) is 11.7. The number of aryl methyl sites for hydroxylation is 2. The third kappa shape index (κ3) is 2.57. The highest BCUT2D eigenvalue weighted by atomic mass is 14.9. The molecule has 0 aromatic heterocycles. The Morgan fingerprint density at radius 3 is 2.79 bits per heavy atom. The van der Waals surface area contributed by atoms with Gasteiger partial charge in [-0.1, -0.05) is 54.1 Å². The van der Waals surface area contributed by atoms with Gasteiger partial charge in [0.05, 0.1) is 0 Å². The van der Waals surface area contributed by atoms with E-state index >= 15 is 0 Å². The fourth-order valence-corrected chi connectivity index (χ4v) is 3.07. The highest BCUT2D eigenvalue weighted by Crippen LogP contribution is 2.32.